The largest absolute Gasteiger partial charge is 0.479 e. The van der Waals surface area contributed by atoms with E-state index in [9.17, 15) is 19.5 Å². The summed E-state index contributed by atoms with van der Waals surface area (Å²) < 4.78 is 0. The van der Waals surface area contributed by atoms with Crippen LogP contribution in [0.3, 0.4) is 0 Å². The van der Waals surface area contributed by atoms with Crippen LogP contribution in [0, 0.1) is 0 Å². The molecule has 26 heavy (non-hydrogen) atoms. The molecule has 2 N–H and O–H groups in total. The van der Waals surface area contributed by atoms with Gasteiger partial charge < -0.3 is 10.4 Å². The fraction of sp³-hybridized carbons (Fsp3) is 0.286. The molecule has 0 saturated heterocycles. The smallest absolute Gasteiger partial charge is 0.330 e. The lowest BCUT2D eigenvalue weighted by atomic mass is 10.0. The summed E-state index contributed by atoms with van der Waals surface area (Å²) in [5.74, 6) is -1.67. The van der Waals surface area contributed by atoms with Gasteiger partial charge in [0.25, 0.3) is 0 Å². The number of hydrogen-bond acceptors (Lipinski definition) is 3. The Morgan fingerprint density at radius 3 is 2.42 bits per heavy atom. The van der Waals surface area contributed by atoms with Crippen LogP contribution in [0.15, 0.2) is 48.5 Å². The number of benzene rings is 2. The molecule has 1 aliphatic rings. The van der Waals surface area contributed by atoms with E-state index in [1.165, 1.54) is 11.1 Å². The number of rotatable bonds is 7. The second-order valence-corrected chi connectivity index (χ2v) is 6.51. The lowest BCUT2D eigenvalue weighted by molar-refractivity contribution is -0.142. The molecule has 2 aromatic carbocycles. The van der Waals surface area contributed by atoms with Crippen LogP contribution in [0.25, 0.3) is 0 Å². The van der Waals surface area contributed by atoms with Gasteiger partial charge in [0.05, 0.1) is 0 Å². The lowest BCUT2D eigenvalue weighted by Gasteiger charge is -2.14. The molecule has 5 nitrogen and oxygen atoms in total. The Labute approximate surface area is 152 Å². The van der Waals surface area contributed by atoms with E-state index in [2.05, 4.69) is 5.32 Å². The predicted octanol–water partition coefficient (Wildman–Crippen LogP) is 3.08. The summed E-state index contributed by atoms with van der Waals surface area (Å²) >= 11 is 0. The standard InChI is InChI=1S/C21H21NO4/c23-18(17-10-9-14-7-4-8-16(14)13-17)11-12-19(24)22-20(21(25)26)15-5-2-1-3-6-15/h1-3,5-6,9-10,13,20H,4,7-8,11-12H2,(H,22,24)(H,25,26). The molecule has 0 radical (unpaired) electrons. The number of amides is 1. The van der Waals surface area contributed by atoms with Crippen molar-refractivity contribution in [3.05, 3.63) is 70.8 Å². The third kappa shape index (κ3) is 4.17. The van der Waals surface area contributed by atoms with Gasteiger partial charge >= 0.3 is 5.97 Å². The van der Waals surface area contributed by atoms with Gasteiger partial charge in [-0.1, -0.05) is 42.5 Å². The fourth-order valence-corrected chi connectivity index (χ4v) is 3.28. The molecule has 2 aromatic rings. The highest BCUT2D eigenvalue weighted by Gasteiger charge is 2.22. The number of carboxylic acids is 1. The third-order valence-electron chi connectivity index (χ3n) is 4.68. The van der Waals surface area contributed by atoms with Crippen LogP contribution in [-0.4, -0.2) is 22.8 Å². The molecule has 0 bridgehead atoms. The van der Waals surface area contributed by atoms with Gasteiger partial charge in [-0.25, -0.2) is 4.79 Å². The molecule has 0 aromatic heterocycles. The van der Waals surface area contributed by atoms with E-state index in [-0.39, 0.29) is 18.6 Å². The number of hydrogen-bond donors (Lipinski definition) is 2. The zero-order valence-corrected chi connectivity index (χ0v) is 14.4. The van der Waals surface area contributed by atoms with E-state index >= 15 is 0 Å². The van der Waals surface area contributed by atoms with E-state index < -0.39 is 17.9 Å². The molecule has 5 heteroatoms. The molecule has 3 rings (SSSR count). The Morgan fingerprint density at radius 1 is 0.962 bits per heavy atom. The van der Waals surface area contributed by atoms with Crippen molar-refractivity contribution in [2.75, 3.05) is 0 Å². The van der Waals surface area contributed by atoms with Crippen LogP contribution in [0.1, 0.15) is 52.4 Å². The third-order valence-corrected chi connectivity index (χ3v) is 4.68. The number of carbonyl (C=O) groups is 3. The second-order valence-electron chi connectivity index (χ2n) is 6.51. The minimum Gasteiger partial charge on any atom is -0.479 e. The maximum Gasteiger partial charge on any atom is 0.330 e. The van der Waals surface area contributed by atoms with Crippen molar-refractivity contribution >= 4 is 17.7 Å². The van der Waals surface area contributed by atoms with Gasteiger partial charge in [0.2, 0.25) is 5.91 Å². The minimum absolute atomic E-state index is 0.0352. The number of nitrogens with one attached hydrogen (secondary N) is 1. The fourth-order valence-electron chi connectivity index (χ4n) is 3.28. The molecule has 1 atom stereocenters. The van der Waals surface area contributed by atoms with Gasteiger partial charge in [-0.05, 0) is 42.0 Å². The molecular formula is C21H21NO4. The van der Waals surface area contributed by atoms with E-state index in [4.69, 9.17) is 0 Å². The van der Waals surface area contributed by atoms with Gasteiger partial charge in [0, 0.05) is 18.4 Å². The summed E-state index contributed by atoms with van der Waals surface area (Å²) in [4.78, 5) is 35.9. The Balaban J connectivity index is 1.58. The molecule has 0 aliphatic heterocycles. The maximum atomic E-state index is 12.3. The van der Waals surface area contributed by atoms with Crippen LogP contribution in [0.4, 0.5) is 0 Å². The number of carbonyl (C=O) groups excluding carboxylic acids is 2. The number of aliphatic carboxylic acids is 1. The molecule has 0 spiro atoms. The van der Waals surface area contributed by atoms with Gasteiger partial charge in [0.1, 0.15) is 0 Å². The van der Waals surface area contributed by atoms with Gasteiger partial charge in [-0.15, -0.1) is 0 Å². The Hall–Kier alpha value is -2.95. The molecule has 0 saturated carbocycles. The Morgan fingerprint density at radius 2 is 1.69 bits per heavy atom. The number of ketones is 1. The summed E-state index contributed by atoms with van der Waals surface area (Å²) in [6, 6.07) is 13.1. The normalized spacial score (nSPS) is 13.7. The topological polar surface area (TPSA) is 83.5 Å². The van der Waals surface area contributed by atoms with Crippen LogP contribution in [-0.2, 0) is 22.4 Å². The van der Waals surface area contributed by atoms with Crippen molar-refractivity contribution in [1.82, 2.24) is 5.32 Å². The maximum absolute atomic E-state index is 12.3. The van der Waals surface area contributed by atoms with E-state index in [0.29, 0.717) is 11.1 Å². The molecule has 0 heterocycles. The zero-order chi connectivity index (χ0) is 18.5. The van der Waals surface area contributed by atoms with Crippen LogP contribution in [0.5, 0.6) is 0 Å². The molecule has 1 unspecified atom stereocenters. The average Bonchev–Trinajstić information content (AvgIpc) is 3.12. The Bertz CT molecular complexity index is 829. The van der Waals surface area contributed by atoms with Crippen molar-refractivity contribution in [2.45, 2.75) is 38.1 Å². The summed E-state index contributed by atoms with van der Waals surface area (Å²) in [5.41, 5.74) is 3.64. The van der Waals surface area contributed by atoms with Crippen LogP contribution in [0.2, 0.25) is 0 Å². The first-order valence-electron chi connectivity index (χ1n) is 8.76. The van der Waals surface area contributed by atoms with Crippen molar-refractivity contribution in [1.29, 1.82) is 0 Å². The average molecular weight is 351 g/mol. The highest BCUT2D eigenvalue weighted by molar-refractivity contribution is 5.98. The summed E-state index contributed by atoms with van der Waals surface area (Å²) in [6.07, 6.45) is 3.19. The van der Waals surface area contributed by atoms with Crippen LogP contribution >= 0.6 is 0 Å². The SMILES string of the molecule is O=C(CCC(=O)c1ccc2c(c1)CCC2)NC(C(=O)O)c1ccccc1. The summed E-state index contributed by atoms with van der Waals surface area (Å²) in [6.45, 7) is 0. The van der Waals surface area contributed by atoms with Gasteiger partial charge in [-0.2, -0.15) is 0 Å². The first-order chi connectivity index (χ1) is 12.5. The molecule has 1 aliphatic carbocycles. The quantitative estimate of drug-likeness (QED) is 0.751. The second kappa shape index (κ2) is 7.95. The minimum atomic E-state index is -1.13. The first-order valence-corrected chi connectivity index (χ1v) is 8.76. The highest BCUT2D eigenvalue weighted by Crippen LogP contribution is 2.23. The van der Waals surface area contributed by atoms with E-state index in [0.717, 1.165) is 19.3 Å². The molecule has 0 fully saturated rings. The molecule has 134 valence electrons. The lowest BCUT2D eigenvalue weighted by Crippen LogP contribution is -2.33. The number of carboxylic acid groups (broad SMARTS) is 1. The zero-order valence-electron chi connectivity index (χ0n) is 14.4. The summed E-state index contributed by atoms with van der Waals surface area (Å²) in [5, 5.41) is 11.8. The van der Waals surface area contributed by atoms with Crippen molar-refractivity contribution in [3.8, 4) is 0 Å². The van der Waals surface area contributed by atoms with E-state index in [1.54, 1.807) is 30.3 Å². The predicted molar refractivity (Wildman–Crippen MR) is 97.0 cm³/mol. The van der Waals surface area contributed by atoms with Gasteiger partial charge in [0.15, 0.2) is 11.8 Å². The molecular weight excluding hydrogens is 330 g/mol. The summed E-state index contributed by atoms with van der Waals surface area (Å²) in [7, 11) is 0. The van der Waals surface area contributed by atoms with Crippen molar-refractivity contribution in [2.24, 2.45) is 0 Å². The Kier molecular flexibility index (Phi) is 5.46. The van der Waals surface area contributed by atoms with Gasteiger partial charge in [-0.3, -0.25) is 9.59 Å². The van der Waals surface area contributed by atoms with Crippen molar-refractivity contribution < 1.29 is 19.5 Å². The van der Waals surface area contributed by atoms with Crippen molar-refractivity contribution in [3.63, 3.8) is 0 Å². The number of fused-ring (bicyclic) bond motifs is 1. The number of aryl methyl sites for hydroxylation is 2. The highest BCUT2D eigenvalue weighted by atomic mass is 16.4. The van der Waals surface area contributed by atoms with E-state index in [1.807, 2.05) is 18.2 Å². The monoisotopic (exact) mass is 351 g/mol. The molecule has 1 amide bonds. The van der Waals surface area contributed by atoms with Crippen LogP contribution < -0.4 is 5.32 Å². The first kappa shape index (κ1) is 17.9. The number of Topliss-reactive ketones (excluding diaryl/α,β-unsaturated/α-hetero) is 1.